The molecule has 1 aliphatic rings. The lowest BCUT2D eigenvalue weighted by molar-refractivity contribution is -0.113. The van der Waals surface area contributed by atoms with Gasteiger partial charge in [-0.3, -0.25) is 4.79 Å². The van der Waals surface area contributed by atoms with E-state index in [1.54, 1.807) is 0 Å². The number of rotatable bonds is 5. The van der Waals surface area contributed by atoms with Crippen LogP contribution in [0.3, 0.4) is 0 Å². The lowest BCUT2D eigenvalue weighted by Gasteiger charge is -2.08. The van der Waals surface area contributed by atoms with E-state index < -0.39 is 15.8 Å². The summed E-state index contributed by atoms with van der Waals surface area (Å²) in [5, 5.41) is 11.3. The standard InChI is InChI=1S/C12H14N2O5S2/c15-11(6-20-9-2-4-21(18,19)7-9)14-10-5-8(12(16)17)1-3-13-10/h1,3,5,9H,2,4,6-7H2,(H,16,17)(H,13,14,15). The molecule has 2 heterocycles. The monoisotopic (exact) mass is 330 g/mol. The average Bonchev–Trinajstić information content (AvgIpc) is 2.76. The maximum Gasteiger partial charge on any atom is 0.335 e. The van der Waals surface area contributed by atoms with E-state index >= 15 is 0 Å². The third-order valence-corrected chi connectivity index (χ3v) is 6.20. The zero-order valence-electron chi connectivity index (χ0n) is 11.0. The first-order chi connectivity index (χ1) is 9.85. The number of aromatic nitrogens is 1. The second-order valence-electron chi connectivity index (χ2n) is 4.62. The van der Waals surface area contributed by atoms with Crippen molar-refractivity contribution in [2.75, 3.05) is 22.6 Å². The molecule has 0 aliphatic carbocycles. The van der Waals surface area contributed by atoms with Crippen LogP contribution in [0.1, 0.15) is 16.8 Å². The summed E-state index contributed by atoms with van der Waals surface area (Å²) >= 11 is 1.29. The Bertz CT molecular complexity index is 659. The molecule has 1 saturated heterocycles. The fourth-order valence-electron chi connectivity index (χ4n) is 1.90. The summed E-state index contributed by atoms with van der Waals surface area (Å²) in [6.07, 6.45) is 1.86. The van der Waals surface area contributed by atoms with Crippen LogP contribution in [0.5, 0.6) is 0 Å². The number of nitrogens with one attached hydrogen (secondary N) is 1. The van der Waals surface area contributed by atoms with Crippen molar-refractivity contribution in [2.24, 2.45) is 0 Å². The van der Waals surface area contributed by atoms with Crippen LogP contribution in [0.4, 0.5) is 5.82 Å². The van der Waals surface area contributed by atoms with Crippen molar-refractivity contribution in [1.29, 1.82) is 0 Å². The van der Waals surface area contributed by atoms with Crippen LogP contribution in [-0.2, 0) is 14.6 Å². The van der Waals surface area contributed by atoms with Crippen LogP contribution in [-0.4, -0.2) is 52.9 Å². The zero-order chi connectivity index (χ0) is 15.5. The molecule has 1 atom stereocenters. The van der Waals surface area contributed by atoms with E-state index in [4.69, 9.17) is 5.11 Å². The first kappa shape index (κ1) is 15.8. The van der Waals surface area contributed by atoms with Crippen molar-refractivity contribution < 1.29 is 23.1 Å². The number of aromatic carboxylic acids is 1. The van der Waals surface area contributed by atoms with Crippen molar-refractivity contribution in [3.63, 3.8) is 0 Å². The van der Waals surface area contributed by atoms with Crippen LogP contribution in [0.2, 0.25) is 0 Å². The Morgan fingerprint density at radius 1 is 1.48 bits per heavy atom. The van der Waals surface area contributed by atoms with Gasteiger partial charge in [-0.05, 0) is 18.6 Å². The summed E-state index contributed by atoms with van der Waals surface area (Å²) in [7, 11) is -2.95. The van der Waals surface area contributed by atoms with Crippen LogP contribution in [0, 0.1) is 0 Å². The quantitative estimate of drug-likeness (QED) is 0.814. The Morgan fingerprint density at radius 3 is 2.86 bits per heavy atom. The fourth-order valence-corrected chi connectivity index (χ4v) is 5.34. The Morgan fingerprint density at radius 2 is 2.24 bits per heavy atom. The Balaban J connectivity index is 1.85. The number of sulfone groups is 1. The topological polar surface area (TPSA) is 113 Å². The number of anilines is 1. The molecule has 9 heteroatoms. The minimum Gasteiger partial charge on any atom is -0.478 e. The van der Waals surface area contributed by atoms with Crippen molar-refractivity contribution in [1.82, 2.24) is 4.98 Å². The van der Waals surface area contributed by atoms with Gasteiger partial charge in [0.15, 0.2) is 9.84 Å². The maximum atomic E-state index is 11.7. The molecule has 0 aromatic carbocycles. The van der Waals surface area contributed by atoms with Gasteiger partial charge in [0, 0.05) is 11.4 Å². The number of carboxylic acid groups (broad SMARTS) is 1. The van der Waals surface area contributed by atoms with E-state index in [0.717, 1.165) is 0 Å². The number of nitrogens with zero attached hydrogens (tertiary/aromatic N) is 1. The zero-order valence-corrected chi connectivity index (χ0v) is 12.6. The van der Waals surface area contributed by atoms with Gasteiger partial charge in [-0.25, -0.2) is 18.2 Å². The molecule has 0 bridgehead atoms. The van der Waals surface area contributed by atoms with Crippen LogP contribution >= 0.6 is 11.8 Å². The second kappa shape index (κ2) is 6.44. The molecule has 7 nitrogen and oxygen atoms in total. The van der Waals surface area contributed by atoms with Gasteiger partial charge >= 0.3 is 5.97 Å². The molecule has 1 unspecified atom stereocenters. The molecule has 1 aliphatic heterocycles. The highest BCUT2D eigenvalue weighted by molar-refractivity contribution is 8.02. The first-order valence-electron chi connectivity index (χ1n) is 6.17. The minimum absolute atomic E-state index is 0.0369. The van der Waals surface area contributed by atoms with Crippen molar-refractivity contribution in [3.8, 4) is 0 Å². The Hall–Kier alpha value is -1.61. The first-order valence-corrected chi connectivity index (χ1v) is 9.04. The Kier molecular flexibility index (Phi) is 4.84. The third kappa shape index (κ3) is 4.71. The molecule has 0 radical (unpaired) electrons. The maximum absolute atomic E-state index is 11.7. The lowest BCUT2D eigenvalue weighted by atomic mass is 10.2. The molecule has 114 valence electrons. The van der Waals surface area contributed by atoms with Gasteiger partial charge in [-0.2, -0.15) is 0 Å². The largest absolute Gasteiger partial charge is 0.478 e. The molecule has 2 N–H and O–H groups in total. The number of pyridine rings is 1. The normalized spacial score (nSPS) is 20.1. The SMILES string of the molecule is O=C(CSC1CCS(=O)(=O)C1)Nc1cc(C(=O)O)ccn1. The van der Waals surface area contributed by atoms with Crippen molar-refractivity contribution >= 4 is 39.3 Å². The van der Waals surface area contributed by atoms with E-state index in [9.17, 15) is 18.0 Å². The molecule has 2 rings (SSSR count). The van der Waals surface area contributed by atoms with Gasteiger partial charge in [0.05, 0.1) is 22.8 Å². The van der Waals surface area contributed by atoms with Gasteiger partial charge in [0.2, 0.25) is 5.91 Å². The number of amides is 1. The molecule has 1 aromatic rings. The van der Waals surface area contributed by atoms with Crippen molar-refractivity contribution in [3.05, 3.63) is 23.9 Å². The molecular formula is C12H14N2O5S2. The predicted molar refractivity (Wildman–Crippen MR) is 79.3 cm³/mol. The summed E-state index contributed by atoms with van der Waals surface area (Å²) < 4.78 is 22.6. The van der Waals surface area contributed by atoms with E-state index in [2.05, 4.69) is 10.3 Å². The number of hydrogen-bond donors (Lipinski definition) is 2. The Labute approximate surface area is 126 Å². The molecule has 1 amide bonds. The fraction of sp³-hybridized carbons (Fsp3) is 0.417. The molecule has 1 aromatic heterocycles. The van der Waals surface area contributed by atoms with Crippen LogP contribution < -0.4 is 5.32 Å². The van der Waals surface area contributed by atoms with E-state index in [1.165, 1.54) is 30.1 Å². The average molecular weight is 330 g/mol. The van der Waals surface area contributed by atoms with E-state index in [1.807, 2.05) is 0 Å². The molecule has 0 spiro atoms. The molecule has 1 fully saturated rings. The number of carbonyl (C=O) groups excluding carboxylic acids is 1. The van der Waals surface area contributed by atoms with Crippen molar-refractivity contribution in [2.45, 2.75) is 11.7 Å². The molecule has 0 saturated carbocycles. The van der Waals surface area contributed by atoms with Gasteiger partial charge in [0.1, 0.15) is 5.82 Å². The highest BCUT2D eigenvalue weighted by Crippen LogP contribution is 2.24. The minimum atomic E-state index is -2.95. The van der Waals surface area contributed by atoms with Gasteiger partial charge in [-0.15, -0.1) is 11.8 Å². The van der Waals surface area contributed by atoms with Gasteiger partial charge < -0.3 is 10.4 Å². The number of thioether (sulfide) groups is 1. The van der Waals surface area contributed by atoms with Crippen LogP contribution in [0.15, 0.2) is 18.3 Å². The highest BCUT2D eigenvalue weighted by Gasteiger charge is 2.28. The highest BCUT2D eigenvalue weighted by atomic mass is 32.2. The smallest absolute Gasteiger partial charge is 0.335 e. The summed E-state index contributed by atoms with van der Waals surface area (Å²) in [5.41, 5.74) is 0.0369. The number of hydrogen-bond acceptors (Lipinski definition) is 6. The summed E-state index contributed by atoms with van der Waals surface area (Å²) in [4.78, 5) is 26.4. The van der Waals surface area contributed by atoms with E-state index in [0.29, 0.717) is 6.42 Å². The van der Waals surface area contributed by atoms with E-state index in [-0.39, 0.29) is 39.8 Å². The summed E-state index contributed by atoms with van der Waals surface area (Å²) in [6.45, 7) is 0. The third-order valence-electron chi connectivity index (χ3n) is 2.92. The number of carbonyl (C=O) groups is 2. The predicted octanol–water partition coefficient (Wildman–Crippen LogP) is 0.639. The number of carboxylic acids is 1. The summed E-state index contributed by atoms with van der Waals surface area (Å²) in [5.74, 6) is -0.872. The summed E-state index contributed by atoms with van der Waals surface area (Å²) in [6, 6.07) is 2.60. The lowest BCUT2D eigenvalue weighted by Crippen LogP contribution is -2.18. The van der Waals surface area contributed by atoms with Gasteiger partial charge in [-0.1, -0.05) is 0 Å². The van der Waals surface area contributed by atoms with Crippen LogP contribution in [0.25, 0.3) is 0 Å². The second-order valence-corrected chi connectivity index (χ2v) is 8.14. The molecular weight excluding hydrogens is 316 g/mol. The molecule has 21 heavy (non-hydrogen) atoms. The van der Waals surface area contributed by atoms with Gasteiger partial charge in [0.25, 0.3) is 0 Å².